The number of hydrogen-bond donors (Lipinski definition) is 5. The first kappa shape index (κ1) is 44.9. The molecule has 2 aliphatic heterocycles. The molecule has 0 bridgehead atoms. The van der Waals surface area contributed by atoms with Crippen LogP contribution in [0, 0.1) is 17.6 Å². The van der Waals surface area contributed by atoms with Gasteiger partial charge in [-0.05, 0) is 50.1 Å². The van der Waals surface area contributed by atoms with Crippen molar-refractivity contribution in [2.24, 2.45) is 16.0 Å². The van der Waals surface area contributed by atoms with Gasteiger partial charge in [-0.25, -0.2) is 30.4 Å². The number of nitrogens with one attached hydrogen (secondary N) is 5. The van der Waals surface area contributed by atoms with Gasteiger partial charge in [0.25, 0.3) is 11.8 Å². The maximum Gasteiger partial charge on any atom is 0.332 e. The van der Waals surface area contributed by atoms with Gasteiger partial charge in [0.1, 0.15) is 0 Å². The summed E-state index contributed by atoms with van der Waals surface area (Å²) < 4.78 is 86.3. The second-order valence-corrected chi connectivity index (χ2v) is 17.4. The molecule has 2 aromatic rings. The normalized spacial score (nSPS) is 16.5. The van der Waals surface area contributed by atoms with E-state index in [4.69, 9.17) is 27.9 Å². The molecule has 0 saturated carbocycles. The van der Waals surface area contributed by atoms with Crippen LogP contribution in [0.4, 0.5) is 20.2 Å². The first-order chi connectivity index (χ1) is 27.0. The number of carbonyl (C=O) groups excluding carboxylic acids is 3. The smallest absolute Gasteiger partial charge is 0.332 e. The molecule has 306 valence electrons. The topological polar surface area (TPSA) is 214 Å². The van der Waals surface area contributed by atoms with E-state index >= 15 is 0 Å². The lowest BCUT2D eigenvalue weighted by molar-refractivity contribution is -0.137. The van der Waals surface area contributed by atoms with E-state index < -0.39 is 60.6 Å². The number of benzene rings is 2. The Kier molecular flexibility index (Phi) is 15.8. The van der Waals surface area contributed by atoms with Gasteiger partial charge in [0.05, 0.1) is 68.0 Å². The quantitative estimate of drug-likeness (QED) is 0.120. The van der Waals surface area contributed by atoms with Gasteiger partial charge in [0.15, 0.2) is 16.8 Å². The Morgan fingerprint density at radius 1 is 0.895 bits per heavy atom. The van der Waals surface area contributed by atoms with E-state index in [1.54, 1.807) is 20.8 Å². The zero-order valence-corrected chi connectivity index (χ0v) is 34.5. The first-order valence-corrected chi connectivity index (χ1v) is 22.1. The molecule has 0 aromatic heterocycles. The van der Waals surface area contributed by atoms with Crippen LogP contribution < -0.4 is 25.5 Å². The zero-order valence-electron chi connectivity index (χ0n) is 30.5. The van der Waals surface area contributed by atoms with Crippen molar-refractivity contribution in [1.82, 2.24) is 16.1 Å². The lowest BCUT2D eigenvalue weighted by Crippen LogP contribution is -2.34. The summed E-state index contributed by atoms with van der Waals surface area (Å²) >= 11 is 13.0. The van der Waals surface area contributed by atoms with E-state index in [9.17, 15) is 40.0 Å². The van der Waals surface area contributed by atoms with Crippen molar-refractivity contribution in [1.29, 1.82) is 0 Å². The van der Waals surface area contributed by atoms with Gasteiger partial charge < -0.3 is 10.1 Å². The van der Waals surface area contributed by atoms with E-state index in [-0.39, 0.29) is 56.4 Å². The molecule has 0 saturated heterocycles. The lowest BCUT2D eigenvalue weighted by atomic mass is 9.97. The van der Waals surface area contributed by atoms with Crippen molar-refractivity contribution in [3.05, 3.63) is 105 Å². The van der Waals surface area contributed by atoms with Gasteiger partial charge in [-0.1, -0.05) is 67.0 Å². The minimum atomic E-state index is -3.76. The van der Waals surface area contributed by atoms with Crippen molar-refractivity contribution >= 4 is 95.0 Å². The van der Waals surface area contributed by atoms with Crippen molar-refractivity contribution < 1.29 is 44.7 Å². The number of anilines is 2. The standard InChI is InChI=1S/C18H17ClFN3O3S.C17H20ClFN4O5S2/c1-2-9-27(25,26)23-14-8-7-12(19)16(17(14)20)18(24)22-15-10-21-13-6-4-3-5-11(13)15;1-3-7-30(26,27)23-12-6-5-11(18)14(15(12)19)16(25)20-17-22-21-10(9-29-17)8-13(24)28-4-2/h3-8,10-11,23H,2,9H2,1H3,(H,22,24);5-6,8,21,23H,3-4,7,9H2,1-2H3,(H,20,22,25)/b;10-8+. The van der Waals surface area contributed by atoms with Crippen LogP contribution in [-0.4, -0.2) is 69.4 Å². The lowest BCUT2D eigenvalue weighted by Gasteiger charge is -2.17. The van der Waals surface area contributed by atoms with Crippen molar-refractivity contribution in [3.63, 3.8) is 0 Å². The summed E-state index contributed by atoms with van der Waals surface area (Å²) in [6.45, 7) is 5.27. The minimum Gasteiger partial charge on any atom is -0.463 e. The third-order valence-corrected chi connectivity index (χ3v) is 12.0. The second-order valence-electron chi connectivity index (χ2n) is 11.9. The number of ether oxygens (including phenoxy) is 1. The summed E-state index contributed by atoms with van der Waals surface area (Å²) in [6, 6.07) is 4.82. The highest BCUT2D eigenvalue weighted by molar-refractivity contribution is 8.14. The average molecular weight is 889 g/mol. The molecule has 5 N–H and O–H groups in total. The first-order valence-electron chi connectivity index (χ1n) is 17.0. The molecule has 1 aliphatic carbocycles. The second kappa shape index (κ2) is 20.1. The monoisotopic (exact) mass is 887 g/mol. The molecule has 3 aliphatic rings. The van der Waals surface area contributed by atoms with Crippen LogP contribution in [0.1, 0.15) is 54.3 Å². The van der Waals surface area contributed by atoms with E-state index in [1.165, 1.54) is 30.5 Å². The van der Waals surface area contributed by atoms with Gasteiger partial charge in [0.2, 0.25) is 20.0 Å². The van der Waals surface area contributed by atoms with E-state index in [2.05, 4.69) is 35.6 Å². The van der Waals surface area contributed by atoms with Gasteiger partial charge in [-0.2, -0.15) is 5.10 Å². The summed E-state index contributed by atoms with van der Waals surface area (Å²) in [6.07, 6.45) is 10.8. The predicted octanol–water partition coefficient (Wildman–Crippen LogP) is 5.81. The molecule has 0 radical (unpaired) electrons. The Morgan fingerprint density at radius 2 is 1.46 bits per heavy atom. The molecule has 2 amide bonds. The number of nitrogens with zero attached hydrogens (tertiary/aromatic N) is 2. The summed E-state index contributed by atoms with van der Waals surface area (Å²) in [7, 11) is -7.47. The molecule has 22 heteroatoms. The molecular formula is C35H37Cl2F2N7O8S3. The fourth-order valence-corrected chi connectivity index (χ4v) is 8.50. The zero-order chi connectivity index (χ0) is 41.9. The number of esters is 1. The summed E-state index contributed by atoms with van der Waals surface area (Å²) in [5.74, 6) is -4.63. The fraction of sp³-hybridized carbons (Fsp3) is 0.286. The molecule has 2 aromatic carbocycles. The molecule has 0 spiro atoms. The number of fused-ring (bicyclic) bond motifs is 1. The predicted molar refractivity (Wildman–Crippen MR) is 218 cm³/mol. The number of sulfonamides is 2. The number of hydrazone groups is 1. The molecule has 57 heavy (non-hydrogen) atoms. The molecule has 0 fully saturated rings. The summed E-state index contributed by atoms with van der Waals surface area (Å²) in [4.78, 5) is 40.8. The highest BCUT2D eigenvalue weighted by Gasteiger charge is 2.28. The van der Waals surface area contributed by atoms with Crippen LogP contribution >= 0.6 is 35.0 Å². The molecule has 15 nitrogen and oxygen atoms in total. The number of rotatable bonds is 13. The highest BCUT2D eigenvalue weighted by atomic mass is 35.5. The molecule has 1 atom stereocenters. The van der Waals surface area contributed by atoms with Gasteiger partial charge in [-0.3, -0.25) is 34.8 Å². The Bertz CT molecular complexity index is 2330. The summed E-state index contributed by atoms with van der Waals surface area (Å²) in [5.41, 5.74) is 2.65. The highest BCUT2D eigenvalue weighted by Crippen LogP contribution is 2.30. The van der Waals surface area contributed by atoms with Gasteiger partial charge in [0, 0.05) is 23.7 Å². The number of hydrogen-bond acceptors (Lipinski definition) is 12. The van der Waals surface area contributed by atoms with E-state index in [1.807, 2.05) is 24.3 Å². The number of aliphatic imine (C=N–C) groups is 1. The molecule has 2 heterocycles. The molecular weight excluding hydrogens is 852 g/mol. The number of halogens is 4. The third-order valence-electron chi connectivity index (χ3n) is 7.52. The largest absolute Gasteiger partial charge is 0.463 e. The van der Waals surface area contributed by atoms with Crippen LogP contribution in [0.3, 0.4) is 0 Å². The number of amides is 2. The van der Waals surface area contributed by atoms with Gasteiger partial charge >= 0.3 is 5.97 Å². The maximum atomic E-state index is 14.8. The number of amidine groups is 1. The molecule has 5 rings (SSSR count). The Morgan fingerprint density at radius 3 is 1.96 bits per heavy atom. The number of allylic oxidation sites excluding steroid dienone is 4. The average Bonchev–Trinajstić information content (AvgIpc) is 3.54. The van der Waals surface area contributed by atoms with Gasteiger partial charge in [-0.15, -0.1) is 0 Å². The Balaban J connectivity index is 0.000000254. The van der Waals surface area contributed by atoms with Crippen molar-refractivity contribution in [2.75, 3.05) is 33.3 Å². The van der Waals surface area contributed by atoms with Crippen molar-refractivity contribution in [3.8, 4) is 0 Å². The van der Waals surface area contributed by atoms with E-state index in [0.717, 1.165) is 23.5 Å². The Hall–Kier alpha value is -4.76. The van der Waals surface area contributed by atoms with E-state index in [0.29, 0.717) is 24.2 Å². The van der Waals surface area contributed by atoms with Crippen LogP contribution in [0.5, 0.6) is 0 Å². The van der Waals surface area contributed by atoms with Crippen LogP contribution in [0.25, 0.3) is 0 Å². The summed E-state index contributed by atoms with van der Waals surface area (Å²) in [5, 5.41) is 8.71. The minimum absolute atomic E-state index is 0.119. The van der Waals surface area contributed by atoms with Crippen molar-refractivity contribution in [2.45, 2.75) is 33.6 Å². The van der Waals surface area contributed by atoms with Crippen LogP contribution in [0.2, 0.25) is 10.0 Å². The fourth-order valence-electron chi connectivity index (χ4n) is 5.06. The Labute approximate surface area is 342 Å². The van der Waals surface area contributed by atoms with Crippen LogP contribution in [-0.2, 0) is 29.6 Å². The number of carbonyl (C=O) groups is 3. The maximum absolute atomic E-state index is 14.8. The number of thioether (sulfide) groups is 1. The molecule has 1 unspecified atom stereocenters. The van der Waals surface area contributed by atoms with Crippen LogP contribution in [0.15, 0.2) is 82.3 Å². The SMILES string of the molecule is CCCS(=O)(=O)Nc1ccc(Cl)c(C(=O)NC2=CN=C3C=CC=CC23)c1F.CCCS(=O)(=O)Nc1ccc(Cl)c(C(=O)NC2=NN/C(=C/C(=O)OCC)CS2)c1F. The third kappa shape index (κ3) is 12.4.